The molecule has 3 aliphatic rings. The van der Waals surface area contributed by atoms with Crippen LogP contribution in [0.25, 0.3) is 5.57 Å². The summed E-state index contributed by atoms with van der Waals surface area (Å²) in [4.78, 5) is 30.4. The second-order valence-electron chi connectivity index (χ2n) is 7.48. The monoisotopic (exact) mass is 452 g/mol. The number of rotatable bonds is 5. The number of para-hydroxylation sites is 1. The Morgan fingerprint density at radius 3 is 2.68 bits per heavy atom. The van der Waals surface area contributed by atoms with Crippen LogP contribution in [0.2, 0.25) is 0 Å². The molecule has 31 heavy (non-hydrogen) atoms. The Morgan fingerprint density at radius 2 is 1.84 bits per heavy atom. The molecule has 0 aromatic heterocycles. The van der Waals surface area contributed by atoms with Gasteiger partial charge in [0, 0.05) is 12.1 Å². The molecule has 6 nitrogen and oxygen atoms in total. The van der Waals surface area contributed by atoms with Crippen LogP contribution in [0.5, 0.6) is 11.5 Å². The van der Waals surface area contributed by atoms with Crippen molar-refractivity contribution in [1.82, 2.24) is 4.90 Å². The van der Waals surface area contributed by atoms with Crippen molar-refractivity contribution in [2.24, 2.45) is 0 Å². The van der Waals surface area contributed by atoms with Crippen LogP contribution < -0.4 is 14.4 Å². The Kier molecular flexibility index (Phi) is 5.19. The zero-order valence-corrected chi connectivity index (χ0v) is 18.6. The number of unbranched alkanes of at least 4 members (excludes halogenated alkanes) is 1. The van der Waals surface area contributed by atoms with Crippen molar-refractivity contribution in [2.45, 2.75) is 26.3 Å². The third kappa shape index (κ3) is 3.40. The van der Waals surface area contributed by atoms with Crippen LogP contribution in [0.4, 0.5) is 5.69 Å². The van der Waals surface area contributed by atoms with E-state index in [9.17, 15) is 9.59 Å². The average Bonchev–Trinajstić information content (AvgIpc) is 3.42. The molecule has 2 amide bonds. The van der Waals surface area contributed by atoms with E-state index in [1.54, 1.807) is 9.80 Å². The zero-order chi connectivity index (χ0) is 21.5. The second-order valence-corrected chi connectivity index (χ2v) is 9.12. The van der Waals surface area contributed by atoms with Crippen LogP contribution in [0, 0.1) is 0 Å². The van der Waals surface area contributed by atoms with E-state index in [0.717, 1.165) is 29.7 Å². The van der Waals surface area contributed by atoms with Crippen molar-refractivity contribution >= 4 is 51.4 Å². The number of fused-ring (bicyclic) bond motifs is 2. The summed E-state index contributed by atoms with van der Waals surface area (Å²) >= 11 is 6.72. The lowest BCUT2D eigenvalue weighted by molar-refractivity contribution is -0.122. The van der Waals surface area contributed by atoms with Gasteiger partial charge in [-0.1, -0.05) is 61.6 Å². The maximum atomic E-state index is 13.4. The molecule has 0 radical (unpaired) electrons. The minimum absolute atomic E-state index is 0.127. The molecule has 0 saturated carbocycles. The predicted molar refractivity (Wildman–Crippen MR) is 124 cm³/mol. The summed E-state index contributed by atoms with van der Waals surface area (Å²) < 4.78 is 11.2. The summed E-state index contributed by atoms with van der Waals surface area (Å²) in [7, 11) is 0. The normalized spacial score (nSPS) is 19.6. The number of amides is 2. The summed E-state index contributed by atoms with van der Waals surface area (Å²) in [6.07, 6.45) is 1.89. The fourth-order valence-corrected chi connectivity index (χ4v) is 5.27. The van der Waals surface area contributed by atoms with Gasteiger partial charge in [0.2, 0.25) is 6.79 Å². The molecule has 1 fully saturated rings. The van der Waals surface area contributed by atoms with Crippen LogP contribution in [0.15, 0.2) is 47.4 Å². The smallest absolute Gasteiger partial charge is 0.267 e. The highest BCUT2D eigenvalue weighted by atomic mass is 32.2. The summed E-state index contributed by atoms with van der Waals surface area (Å²) in [5.41, 5.74) is 3.00. The van der Waals surface area contributed by atoms with Crippen molar-refractivity contribution in [3.05, 3.63) is 58.5 Å². The Labute approximate surface area is 189 Å². The number of hydrogen-bond acceptors (Lipinski definition) is 6. The van der Waals surface area contributed by atoms with Gasteiger partial charge in [-0.25, -0.2) is 0 Å². The third-order valence-electron chi connectivity index (χ3n) is 5.51. The number of carbonyl (C=O) groups excluding carboxylic acids is 2. The number of anilines is 1. The standard InChI is InChI=1S/C23H20N2O4S2/c1-2-3-10-24-16-7-5-4-6-15(16)19(21(24)26)20-22(27)25(23(30)31-20)12-14-8-9-17-18(11-14)29-13-28-17/h4-9,11H,2-3,10,12-13H2,1H3/b20-19-. The Balaban J connectivity index is 1.47. The predicted octanol–water partition coefficient (Wildman–Crippen LogP) is 4.33. The lowest BCUT2D eigenvalue weighted by atomic mass is 10.1. The van der Waals surface area contributed by atoms with Crippen LogP contribution in [-0.2, 0) is 16.1 Å². The van der Waals surface area contributed by atoms with Crippen molar-refractivity contribution in [3.63, 3.8) is 0 Å². The number of benzene rings is 2. The van der Waals surface area contributed by atoms with Gasteiger partial charge in [0.1, 0.15) is 4.32 Å². The molecule has 158 valence electrons. The van der Waals surface area contributed by atoms with Crippen molar-refractivity contribution in [3.8, 4) is 11.5 Å². The first-order valence-electron chi connectivity index (χ1n) is 10.2. The average molecular weight is 453 g/mol. The van der Waals surface area contributed by atoms with E-state index in [4.69, 9.17) is 21.7 Å². The van der Waals surface area contributed by atoms with Crippen LogP contribution in [0.3, 0.4) is 0 Å². The van der Waals surface area contributed by atoms with Gasteiger partial charge in [0.05, 0.1) is 22.7 Å². The van der Waals surface area contributed by atoms with Crippen molar-refractivity contribution in [1.29, 1.82) is 0 Å². The van der Waals surface area contributed by atoms with Gasteiger partial charge in [-0.15, -0.1) is 0 Å². The first kappa shape index (κ1) is 20.1. The highest BCUT2D eigenvalue weighted by Gasteiger charge is 2.41. The molecule has 2 aromatic carbocycles. The highest BCUT2D eigenvalue weighted by molar-refractivity contribution is 8.26. The fourth-order valence-electron chi connectivity index (χ4n) is 3.95. The largest absolute Gasteiger partial charge is 0.454 e. The molecule has 2 aromatic rings. The highest BCUT2D eigenvalue weighted by Crippen LogP contribution is 2.45. The van der Waals surface area contributed by atoms with E-state index in [1.807, 2.05) is 42.5 Å². The molecule has 1 saturated heterocycles. The van der Waals surface area contributed by atoms with E-state index >= 15 is 0 Å². The van der Waals surface area contributed by atoms with Gasteiger partial charge in [-0.3, -0.25) is 14.5 Å². The molecule has 0 bridgehead atoms. The Bertz CT molecular complexity index is 1140. The molecule has 8 heteroatoms. The fraction of sp³-hybridized carbons (Fsp3) is 0.261. The van der Waals surface area contributed by atoms with Crippen molar-refractivity contribution < 1.29 is 19.1 Å². The number of hydrogen-bond donors (Lipinski definition) is 0. The van der Waals surface area contributed by atoms with E-state index in [2.05, 4.69) is 6.92 Å². The summed E-state index contributed by atoms with van der Waals surface area (Å²) in [5, 5.41) is 0. The number of thiocarbonyl (C=S) groups is 1. The molecule has 3 aliphatic heterocycles. The van der Waals surface area contributed by atoms with Gasteiger partial charge >= 0.3 is 0 Å². The summed E-state index contributed by atoms with van der Waals surface area (Å²) in [6.45, 7) is 3.23. The SMILES string of the molecule is CCCCN1C(=O)/C(=C2\SC(=S)N(Cc3ccc4c(c3)OCO4)C2=O)c2ccccc21. The number of thioether (sulfide) groups is 1. The van der Waals surface area contributed by atoms with Gasteiger partial charge < -0.3 is 14.4 Å². The lowest BCUT2D eigenvalue weighted by Crippen LogP contribution is -2.29. The zero-order valence-electron chi connectivity index (χ0n) is 16.9. The molecule has 0 atom stereocenters. The van der Waals surface area contributed by atoms with Crippen LogP contribution in [-0.4, -0.2) is 34.4 Å². The minimum atomic E-state index is -0.233. The Morgan fingerprint density at radius 1 is 1.03 bits per heavy atom. The third-order valence-corrected chi connectivity index (χ3v) is 6.96. The molecule has 5 rings (SSSR count). The summed E-state index contributed by atoms with van der Waals surface area (Å²) in [5.74, 6) is 0.991. The molecular weight excluding hydrogens is 432 g/mol. The molecule has 0 N–H and O–H groups in total. The Hall–Kier alpha value is -2.84. The van der Waals surface area contributed by atoms with E-state index in [0.29, 0.717) is 39.4 Å². The molecular formula is C23H20N2O4S2. The van der Waals surface area contributed by atoms with Crippen LogP contribution in [0.1, 0.15) is 30.9 Å². The molecule has 0 unspecified atom stereocenters. The molecule has 0 spiro atoms. The van der Waals surface area contributed by atoms with E-state index < -0.39 is 0 Å². The van der Waals surface area contributed by atoms with Gasteiger partial charge in [0.25, 0.3) is 11.8 Å². The van der Waals surface area contributed by atoms with Crippen LogP contribution >= 0.6 is 24.0 Å². The number of nitrogens with zero attached hydrogens (tertiary/aromatic N) is 2. The lowest BCUT2D eigenvalue weighted by Gasteiger charge is -2.16. The maximum absolute atomic E-state index is 13.4. The van der Waals surface area contributed by atoms with E-state index in [1.165, 1.54) is 11.8 Å². The quantitative estimate of drug-likeness (QED) is 0.497. The number of ether oxygens (including phenoxy) is 2. The first-order valence-corrected chi connectivity index (χ1v) is 11.4. The second kappa shape index (κ2) is 8.01. The van der Waals surface area contributed by atoms with Gasteiger partial charge in [0.15, 0.2) is 11.5 Å². The van der Waals surface area contributed by atoms with Crippen molar-refractivity contribution in [2.75, 3.05) is 18.2 Å². The van der Waals surface area contributed by atoms with Gasteiger partial charge in [-0.2, -0.15) is 0 Å². The number of carbonyl (C=O) groups is 2. The first-order chi connectivity index (χ1) is 15.1. The molecule has 0 aliphatic carbocycles. The van der Waals surface area contributed by atoms with E-state index in [-0.39, 0.29) is 18.6 Å². The topological polar surface area (TPSA) is 59.1 Å². The summed E-state index contributed by atoms with van der Waals surface area (Å²) in [6, 6.07) is 13.2. The van der Waals surface area contributed by atoms with Gasteiger partial charge in [-0.05, 0) is 30.2 Å². The molecule has 3 heterocycles. The maximum Gasteiger partial charge on any atom is 0.267 e. The minimum Gasteiger partial charge on any atom is -0.454 e.